The summed E-state index contributed by atoms with van der Waals surface area (Å²) >= 11 is 1.71. The van der Waals surface area contributed by atoms with Gasteiger partial charge in [-0.05, 0) is 12.1 Å². The minimum absolute atomic E-state index is 0. The highest BCUT2D eigenvalue weighted by molar-refractivity contribution is 14.0. The predicted molar refractivity (Wildman–Crippen MR) is 107 cm³/mol. The molecular weight excluding hydrogens is 423 g/mol. The molecule has 2 aromatic heterocycles. The second-order valence-corrected chi connectivity index (χ2v) is 6.93. The molecule has 2 aromatic rings. The van der Waals surface area contributed by atoms with Gasteiger partial charge < -0.3 is 15.1 Å². The minimum Gasteiger partial charge on any atom is -0.469 e. The lowest BCUT2D eigenvalue weighted by atomic mass is 9.98. The van der Waals surface area contributed by atoms with E-state index in [4.69, 9.17) is 4.42 Å². The molecule has 0 saturated carbocycles. The van der Waals surface area contributed by atoms with Crippen molar-refractivity contribution in [1.82, 2.24) is 15.6 Å². The Morgan fingerprint density at radius 2 is 2.13 bits per heavy atom. The van der Waals surface area contributed by atoms with Crippen molar-refractivity contribution >= 4 is 41.3 Å². The summed E-state index contributed by atoms with van der Waals surface area (Å²) in [5.74, 6) is 1.74. The number of aliphatic imine (C=N–C) groups is 1. The first-order valence-corrected chi connectivity index (χ1v) is 8.29. The molecule has 0 saturated heterocycles. The average Bonchev–Trinajstić information content (AvgIpc) is 3.13. The van der Waals surface area contributed by atoms with Gasteiger partial charge in [0.1, 0.15) is 5.76 Å². The molecule has 128 valence electrons. The standard InChI is InChI=1S/C16H24N4OS.HI/c1-16(2,3)14-20-12(11-22-14)10-19-15(17-4)18-8-7-13-6-5-9-21-13;/h5-6,9,11H,7-8,10H2,1-4H3,(H2,17,18,19);1H. The van der Waals surface area contributed by atoms with Crippen molar-refractivity contribution in [2.45, 2.75) is 39.2 Å². The summed E-state index contributed by atoms with van der Waals surface area (Å²) < 4.78 is 5.30. The topological polar surface area (TPSA) is 62.5 Å². The van der Waals surface area contributed by atoms with Crippen LogP contribution in [0.4, 0.5) is 0 Å². The van der Waals surface area contributed by atoms with Gasteiger partial charge in [0.25, 0.3) is 0 Å². The van der Waals surface area contributed by atoms with Crippen LogP contribution in [0, 0.1) is 0 Å². The maximum atomic E-state index is 5.30. The summed E-state index contributed by atoms with van der Waals surface area (Å²) in [6.45, 7) is 7.99. The number of hydrogen-bond acceptors (Lipinski definition) is 4. The Kier molecular flexibility index (Phi) is 8.04. The van der Waals surface area contributed by atoms with Gasteiger partial charge in [-0.1, -0.05) is 20.8 Å². The third-order valence-electron chi connectivity index (χ3n) is 3.10. The first kappa shape index (κ1) is 20.0. The summed E-state index contributed by atoms with van der Waals surface area (Å²) in [6.07, 6.45) is 2.52. The van der Waals surface area contributed by atoms with Crippen molar-refractivity contribution in [1.29, 1.82) is 0 Å². The Bertz CT molecular complexity index is 602. The Morgan fingerprint density at radius 3 is 2.70 bits per heavy atom. The van der Waals surface area contributed by atoms with Gasteiger partial charge in [-0.25, -0.2) is 4.98 Å². The molecule has 0 aliphatic rings. The SMILES string of the molecule is CN=C(NCCc1ccco1)NCc1csc(C(C)(C)C)n1.I. The highest BCUT2D eigenvalue weighted by Gasteiger charge is 2.17. The normalized spacial score (nSPS) is 11.9. The van der Waals surface area contributed by atoms with E-state index < -0.39 is 0 Å². The summed E-state index contributed by atoms with van der Waals surface area (Å²) in [7, 11) is 1.77. The Morgan fingerprint density at radius 1 is 1.35 bits per heavy atom. The molecular formula is C16H25IN4OS. The summed E-state index contributed by atoms with van der Waals surface area (Å²) in [4.78, 5) is 8.88. The fourth-order valence-electron chi connectivity index (χ4n) is 1.89. The summed E-state index contributed by atoms with van der Waals surface area (Å²) in [6, 6.07) is 3.87. The molecule has 23 heavy (non-hydrogen) atoms. The van der Waals surface area contributed by atoms with Crippen LogP contribution in [-0.4, -0.2) is 24.5 Å². The van der Waals surface area contributed by atoms with Crippen molar-refractivity contribution < 1.29 is 4.42 Å². The number of rotatable bonds is 5. The van der Waals surface area contributed by atoms with E-state index in [0.29, 0.717) is 6.54 Å². The Labute approximate surface area is 159 Å². The minimum atomic E-state index is 0. The van der Waals surface area contributed by atoms with Crippen LogP contribution in [0.2, 0.25) is 0 Å². The Hall–Kier alpha value is -1.09. The van der Waals surface area contributed by atoms with Gasteiger partial charge in [0.15, 0.2) is 5.96 Å². The molecule has 7 heteroatoms. The number of nitrogens with one attached hydrogen (secondary N) is 2. The van der Waals surface area contributed by atoms with Gasteiger partial charge in [-0.3, -0.25) is 4.99 Å². The number of hydrogen-bond donors (Lipinski definition) is 2. The molecule has 0 atom stereocenters. The average molecular weight is 448 g/mol. The van der Waals surface area contributed by atoms with Crippen LogP contribution < -0.4 is 10.6 Å². The van der Waals surface area contributed by atoms with Gasteiger partial charge in [0.05, 0.1) is 23.5 Å². The van der Waals surface area contributed by atoms with Crippen molar-refractivity contribution in [3.8, 4) is 0 Å². The molecule has 0 radical (unpaired) electrons. The van der Waals surface area contributed by atoms with Crippen LogP contribution >= 0.6 is 35.3 Å². The third-order valence-corrected chi connectivity index (χ3v) is 4.41. The number of thiazole rings is 1. The molecule has 0 aromatic carbocycles. The zero-order chi connectivity index (χ0) is 16.0. The lowest BCUT2D eigenvalue weighted by Gasteiger charge is -2.14. The molecule has 2 N–H and O–H groups in total. The predicted octanol–water partition coefficient (Wildman–Crippen LogP) is 3.56. The van der Waals surface area contributed by atoms with Gasteiger partial charge >= 0.3 is 0 Å². The molecule has 0 bridgehead atoms. The van der Waals surface area contributed by atoms with Crippen LogP contribution in [0.25, 0.3) is 0 Å². The van der Waals surface area contributed by atoms with Gasteiger partial charge in [-0.2, -0.15) is 0 Å². The van der Waals surface area contributed by atoms with Crippen molar-refractivity contribution in [3.63, 3.8) is 0 Å². The second kappa shape index (κ2) is 9.27. The van der Waals surface area contributed by atoms with Crippen molar-refractivity contribution in [2.75, 3.05) is 13.6 Å². The largest absolute Gasteiger partial charge is 0.469 e. The smallest absolute Gasteiger partial charge is 0.191 e. The number of aromatic nitrogens is 1. The first-order valence-electron chi connectivity index (χ1n) is 7.41. The van der Waals surface area contributed by atoms with Crippen LogP contribution in [0.15, 0.2) is 33.2 Å². The number of guanidine groups is 1. The highest BCUT2D eigenvalue weighted by Crippen LogP contribution is 2.25. The van der Waals surface area contributed by atoms with E-state index in [-0.39, 0.29) is 29.4 Å². The van der Waals surface area contributed by atoms with Gasteiger partial charge in [0.2, 0.25) is 0 Å². The Balaban J connectivity index is 0.00000264. The molecule has 0 fully saturated rings. The molecule has 0 aliphatic heterocycles. The molecule has 2 rings (SSSR count). The zero-order valence-corrected chi connectivity index (χ0v) is 17.2. The fourth-order valence-corrected chi connectivity index (χ4v) is 2.79. The summed E-state index contributed by atoms with van der Waals surface area (Å²) in [5, 5.41) is 9.81. The molecule has 0 aliphatic carbocycles. The van der Waals surface area contributed by atoms with E-state index in [2.05, 4.69) is 46.8 Å². The molecule has 0 amide bonds. The van der Waals surface area contributed by atoms with Crippen molar-refractivity contribution in [3.05, 3.63) is 40.2 Å². The number of halogens is 1. The van der Waals surface area contributed by atoms with Crippen LogP contribution in [0.5, 0.6) is 0 Å². The molecule has 2 heterocycles. The summed E-state index contributed by atoms with van der Waals surface area (Å²) in [5.41, 5.74) is 1.15. The molecule has 0 spiro atoms. The van der Waals surface area contributed by atoms with Gasteiger partial charge in [-0.15, -0.1) is 35.3 Å². The third kappa shape index (κ3) is 6.50. The van der Waals surface area contributed by atoms with Crippen LogP contribution in [0.3, 0.4) is 0 Å². The van der Waals surface area contributed by atoms with E-state index in [9.17, 15) is 0 Å². The van der Waals surface area contributed by atoms with E-state index in [0.717, 1.165) is 35.4 Å². The van der Waals surface area contributed by atoms with Crippen LogP contribution in [-0.2, 0) is 18.4 Å². The fraction of sp³-hybridized carbons (Fsp3) is 0.500. The lowest BCUT2D eigenvalue weighted by molar-refractivity contribution is 0.506. The highest BCUT2D eigenvalue weighted by atomic mass is 127. The monoisotopic (exact) mass is 448 g/mol. The maximum Gasteiger partial charge on any atom is 0.191 e. The van der Waals surface area contributed by atoms with E-state index >= 15 is 0 Å². The number of furan rings is 1. The van der Waals surface area contributed by atoms with E-state index in [1.165, 1.54) is 0 Å². The van der Waals surface area contributed by atoms with E-state index in [1.807, 2.05) is 12.1 Å². The second-order valence-electron chi connectivity index (χ2n) is 6.08. The zero-order valence-electron chi connectivity index (χ0n) is 14.0. The van der Waals surface area contributed by atoms with Crippen molar-refractivity contribution in [2.24, 2.45) is 4.99 Å². The van der Waals surface area contributed by atoms with Crippen LogP contribution in [0.1, 0.15) is 37.2 Å². The maximum absolute atomic E-state index is 5.30. The first-order chi connectivity index (χ1) is 10.5. The molecule has 5 nitrogen and oxygen atoms in total. The molecule has 0 unspecified atom stereocenters. The number of nitrogens with zero attached hydrogens (tertiary/aromatic N) is 2. The quantitative estimate of drug-likeness (QED) is 0.417. The lowest BCUT2D eigenvalue weighted by Crippen LogP contribution is -2.37. The van der Waals surface area contributed by atoms with Gasteiger partial charge in [0, 0.05) is 30.8 Å². The van der Waals surface area contributed by atoms with E-state index in [1.54, 1.807) is 24.6 Å².